The maximum atomic E-state index is 13.4. The Morgan fingerprint density at radius 1 is 1.31 bits per heavy atom. The average molecular weight is 182 g/mol. The first-order valence-corrected chi connectivity index (χ1v) is 4.51. The summed E-state index contributed by atoms with van der Waals surface area (Å²) in [5, 5.41) is 8.63. The van der Waals surface area contributed by atoms with Crippen LogP contribution in [0, 0.1) is 19.7 Å². The fraction of sp³-hybridized carbons (Fsp3) is 0.455. The van der Waals surface area contributed by atoms with Crippen molar-refractivity contribution in [2.45, 2.75) is 26.7 Å². The molecule has 1 aromatic carbocycles. The third-order valence-corrected chi connectivity index (χ3v) is 2.08. The van der Waals surface area contributed by atoms with Gasteiger partial charge in [-0.1, -0.05) is 17.7 Å². The van der Waals surface area contributed by atoms with Crippen molar-refractivity contribution in [1.29, 1.82) is 0 Å². The molecule has 0 heterocycles. The van der Waals surface area contributed by atoms with Gasteiger partial charge in [0.1, 0.15) is 5.82 Å². The second-order valence-corrected chi connectivity index (χ2v) is 3.38. The molecule has 0 radical (unpaired) electrons. The van der Waals surface area contributed by atoms with Crippen LogP contribution in [0.2, 0.25) is 0 Å². The Morgan fingerprint density at radius 2 is 2.00 bits per heavy atom. The Hall–Kier alpha value is -0.890. The van der Waals surface area contributed by atoms with Gasteiger partial charge in [0, 0.05) is 6.61 Å². The van der Waals surface area contributed by atoms with Crippen molar-refractivity contribution in [3.63, 3.8) is 0 Å². The summed E-state index contributed by atoms with van der Waals surface area (Å²) in [4.78, 5) is 0. The van der Waals surface area contributed by atoms with E-state index in [1.807, 2.05) is 19.1 Å². The Morgan fingerprint density at radius 3 is 2.62 bits per heavy atom. The predicted octanol–water partition coefficient (Wildman–Crippen LogP) is 2.37. The molecule has 1 N–H and O–H groups in total. The maximum absolute atomic E-state index is 13.4. The van der Waals surface area contributed by atoms with Crippen LogP contribution >= 0.6 is 0 Å². The summed E-state index contributed by atoms with van der Waals surface area (Å²) in [7, 11) is 0. The number of hydrogen-bond acceptors (Lipinski definition) is 1. The smallest absolute Gasteiger partial charge is 0.129 e. The highest BCUT2D eigenvalue weighted by Crippen LogP contribution is 2.16. The van der Waals surface area contributed by atoms with Gasteiger partial charge in [0.25, 0.3) is 0 Å². The highest BCUT2D eigenvalue weighted by atomic mass is 19.1. The number of aryl methyl sites for hydroxylation is 3. The number of aliphatic hydroxyl groups excluding tert-OH is 1. The second-order valence-electron chi connectivity index (χ2n) is 3.38. The van der Waals surface area contributed by atoms with E-state index in [0.29, 0.717) is 24.0 Å². The zero-order valence-corrected chi connectivity index (χ0v) is 8.10. The van der Waals surface area contributed by atoms with Gasteiger partial charge >= 0.3 is 0 Å². The fourth-order valence-corrected chi connectivity index (χ4v) is 1.49. The molecule has 0 saturated carbocycles. The molecule has 0 unspecified atom stereocenters. The summed E-state index contributed by atoms with van der Waals surface area (Å²) in [6.07, 6.45) is 1.24. The summed E-state index contributed by atoms with van der Waals surface area (Å²) in [5.41, 5.74) is 2.48. The molecule has 0 aromatic heterocycles. The monoisotopic (exact) mass is 182 g/mol. The van der Waals surface area contributed by atoms with Gasteiger partial charge in [-0.15, -0.1) is 0 Å². The van der Waals surface area contributed by atoms with Gasteiger partial charge in [-0.3, -0.25) is 0 Å². The molecule has 0 aliphatic heterocycles. The molecule has 0 spiro atoms. The number of benzene rings is 1. The molecule has 2 heteroatoms. The van der Waals surface area contributed by atoms with Crippen molar-refractivity contribution < 1.29 is 9.50 Å². The first-order chi connectivity index (χ1) is 6.15. The quantitative estimate of drug-likeness (QED) is 0.760. The molecule has 1 aromatic rings. The number of rotatable bonds is 3. The van der Waals surface area contributed by atoms with Gasteiger partial charge < -0.3 is 5.11 Å². The molecule has 0 atom stereocenters. The fourth-order valence-electron chi connectivity index (χ4n) is 1.49. The van der Waals surface area contributed by atoms with Gasteiger partial charge in [-0.25, -0.2) is 4.39 Å². The third kappa shape index (κ3) is 2.52. The van der Waals surface area contributed by atoms with Gasteiger partial charge in [-0.2, -0.15) is 0 Å². The van der Waals surface area contributed by atoms with Gasteiger partial charge in [0.05, 0.1) is 0 Å². The van der Waals surface area contributed by atoms with Crippen LogP contribution in [0.4, 0.5) is 4.39 Å². The Balaban J connectivity index is 2.92. The molecule has 13 heavy (non-hydrogen) atoms. The molecule has 0 fully saturated rings. The average Bonchev–Trinajstić information content (AvgIpc) is 2.09. The largest absolute Gasteiger partial charge is 0.396 e. The van der Waals surface area contributed by atoms with E-state index >= 15 is 0 Å². The van der Waals surface area contributed by atoms with Crippen molar-refractivity contribution in [2.24, 2.45) is 0 Å². The number of aliphatic hydroxyl groups is 1. The van der Waals surface area contributed by atoms with E-state index in [9.17, 15) is 4.39 Å². The standard InChI is InChI=1S/C11H15FO/c1-8-6-9(2)11(12)10(7-8)4-3-5-13/h6-7,13H,3-5H2,1-2H3. The maximum Gasteiger partial charge on any atom is 0.129 e. The molecular formula is C11H15FO. The summed E-state index contributed by atoms with van der Waals surface area (Å²) in [6, 6.07) is 3.68. The third-order valence-electron chi connectivity index (χ3n) is 2.08. The highest BCUT2D eigenvalue weighted by molar-refractivity contribution is 5.30. The zero-order chi connectivity index (χ0) is 9.84. The molecule has 0 aliphatic rings. The first-order valence-electron chi connectivity index (χ1n) is 4.51. The molecule has 0 saturated heterocycles. The topological polar surface area (TPSA) is 20.2 Å². The number of hydrogen-bond donors (Lipinski definition) is 1. The lowest BCUT2D eigenvalue weighted by Crippen LogP contribution is -1.97. The normalized spacial score (nSPS) is 10.5. The van der Waals surface area contributed by atoms with Gasteiger partial charge in [-0.05, 0) is 37.8 Å². The zero-order valence-electron chi connectivity index (χ0n) is 8.10. The van der Waals surface area contributed by atoms with Crippen LogP contribution in [0.1, 0.15) is 23.1 Å². The van der Waals surface area contributed by atoms with Crippen molar-refractivity contribution in [2.75, 3.05) is 6.61 Å². The minimum Gasteiger partial charge on any atom is -0.396 e. The van der Waals surface area contributed by atoms with Crippen molar-refractivity contribution >= 4 is 0 Å². The van der Waals surface area contributed by atoms with Crippen LogP contribution in [0.5, 0.6) is 0 Å². The lowest BCUT2D eigenvalue weighted by atomic mass is 10.0. The van der Waals surface area contributed by atoms with E-state index < -0.39 is 0 Å². The molecule has 0 aliphatic carbocycles. The second kappa shape index (κ2) is 4.38. The summed E-state index contributed by atoms with van der Waals surface area (Å²) in [5.74, 6) is -0.126. The van der Waals surface area contributed by atoms with Crippen molar-refractivity contribution in [1.82, 2.24) is 0 Å². The van der Waals surface area contributed by atoms with E-state index in [1.165, 1.54) is 0 Å². The van der Waals surface area contributed by atoms with E-state index in [2.05, 4.69) is 0 Å². The summed E-state index contributed by atoms with van der Waals surface area (Å²) < 4.78 is 13.4. The van der Waals surface area contributed by atoms with E-state index in [-0.39, 0.29) is 12.4 Å². The lowest BCUT2D eigenvalue weighted by molar-refractivity contribution is 0.288. The number of halogens is 1. The first kappa shape index (κ1) is 10.2. The van der Waals surface area contributed by atoms with Crippen LogP contribution in [-0.2, 0) is 6.42 Å². The van der Waals surface area contributed by atoms with Gasteiger partial charge in [0.2, 0.25) is 0 Å². The van der Waals surface area contributed by atoms with Crippen LogP contribution in [0.15, 0.2) is 12.1 Å². The summed E-state index contributed by atoms with van der Waals surface area (Å²) in [6.45, 7) is 3.84. The molecule has 0 amide bonds. The van der Waals surface area contributed by atoms with E-state index in [1.54, 1.807) is 6.92 Å². The van der Waals surface area contributed by atoms with E-state index in [0.717, 1.165) is 5.56 Å². The van der Waals surface area contributed by atoms with Crippen molar-refractivity contribution in [3.8, 4) is 0 Å². The minimum absolute atomic E-state index is 0.117. The SMILES string of the molecule is Cc1cc(C)c(F)c(CCCO)c1. The van der Waals surface area contributed by atoms with Crippen LogP contribution < -0.4 is 0 Å². The Kier molecular flexibility index (Phi) is 3.43. The van der Waals surface area contributed by atoms with E-state index in [4.69, 9.17) is 5.11 Å². The summed E-state index contributed by atoms with van der Waals surface area (Å²) >= 11 is 0. The lowest BCUT2D eigenvalue weighted by Gasteiger charge is -2.06. The minimum atomic E-state index is -0.126. The predicted molar refractivity (Wildman–Crippen MR) is 51.3 cm³/mol. The molecule has 1 rings (SSSR count). The van der Waals surface area contributed by atoms with Gasteiger partial charge in [0.15, 0.2) is 0 Å². The molecule has 1 nitrogen and oxygen atoms in total. The molecular weight excluding hydrogens is 167 g/mol. The Labute approximate surface area is 78.2 Å². The van der Waals surface area contributed by atoms with Crippen molar-refractivity contribution in [3.05, 3.63) is 34.6 Å². The van der Waals surface area contributed by atoms with Crippen LogP contribution in [0.3, 0.4) is 0 Å². The Bertz CT molecular complexity index is 294. The van der Waals surface area contributed by atoms with Crippen LogP contribution in [-0.4, -0.2) is 11.7 Å². The highest BCUT2D eigenvalue weighted by Gasteiger charge is 2.05. The van der Waals surface area contributed by atoms with Crippen LogP contribution in [0.25, 0.3) is 0 Å². The molecule has 0 bridgehead atoms. The molecule has 72 valence electrons.